The Kier molecular flexibility index (Phi) is 3.28. The van der Waals surface area contributed by atoms with Crippen LogP contribution >= 0.6 is 0 Å². The molecule has 0 aromatic carbocycles. The van der Waals surface area contributed by atoms with Crippen molar-refractivity contribution in [3.63, 3.8) is 0 Å². The fourth-order valence-electron chi connectivity index (χ4n) is 1.47. The van der Waals surface area contributed by atoms with Gasteiger partial charge in [-0.2, -0.15) is 16.6 Å². The van der Waals surface area contributed by atoms with Gasteiger partial charge in [-0.1, -0.05) is 41.5 Å². The van der Waals surface area contributed by atoms with Gasteiger partial charge in [0.1, 0.15) is 0 Å². The van der Waals surface area contributed by atoms with E-state index in [4.69, 9.17) is 0 Å². The monoisotopic (exact) mass is 213 g/mol. The summed E-state index contributed by atoms with van der Waals surface area (Å²) in [5.41, 5.74) is 17.3. The molecule has 88 valence electrons. The van der Waals surface area contributed by atoms with Gasteiger partial charge < -0.3 is 10.9 Å². The summed E-state index contributed by atoms with van der Waals surface area (Å²) >= 11 is 0. The molecule has 0 aromatic rings. The number of hydrazine groups is 4. The van der Waals surface area contributed by atoms with Crippen LogP contribution in [-0.2, 0) is 0 Å². The van der Waals surface area contributed by atoms with Crippen molar-refractivity contribution in [2.45, 2.75) is 41.5 Å². The molecule has 1 heterocycles. The van der Waals surface area contributed by atoms with Crippen LogP contribution in [0.3, 0.4) is 0 Å². The zero-order chi connectivity index (χ0) is 11.7. The second-order valence-corrected chi connectivity index (χ2v) is 5.88. The lowest BCUT2D eigenvalue weighted by atomic mass is 9.83. The third-order valence-corrected chi connectivity index (χ3v) is 2.25. The third-order valence-electron chi connectivity index (χ3n) is 2.25. The number of nitrogens with one attached hydrogen (secondary N) is 5. The number of hydrogen-bond acceptors (Lipinski definition) is 5. The van der Waals surface area contributed by atoms with Crippen molar-refractivity contribution in [1.82, 2.24) is 27.5 Å². The van der Waals surface area contributed by atoms with E-state index in [9.17, 15) is 0 Å². The summed E-state index contributed by atoms with van der Waals surface area (Å²) in [6.45, 7) is 13.1. The molecular weight excluding hydrogens is 190 g/mol. The lowest BCUT2D eigenvalue weighted by molar-refractivity contribution is 0.358. The summed E-state index contributed by atoms with van der Waals surface area (Å²) in [5.74, 6) is 0. The molecule has 5 N–H and O–H groups in total. The van der Waals surface area contributed by atoms with Crippen molar-refractivity contribution < 1.29 is 0 Å². The van der Waals surface area contributed by atoms with Crippen LogP contribution in [0, 0.1) is 10.8 Å². The van der Waals surface area contributed by atoms with Gasteiger partial charge in [-0.05, 0) is 0 Å². The summed E-state index contributed by atoms with van der Waals surface area (Å²) < 4.78 is 0. The Bertz CT molecular complexity index is 230. The molecule has 0 spiro atoms. The van der Waals surface area contributed by atoms with Crippen molar-refractivity contribution >= 4 is 0 Å². The Hall–Kier alpha value is -0.780. The number of rotatable bonds is 0. The maximum atomic E-state index is 3.17. The van der Waals surface area contributed by atoms with Crippen molar-refractivity contribution in [3.05, 3.63) is 11.4 Å². The summed E-state index contributed by atoms with van der Waals surface area (Å²) in [6.07, 6.45) is 0. The van der Waals surface area contributed by atoms with E-state index in [-0.39, 0.29) is 10.8 Å². The van der Waals surface area contributed by atoms with Crippen LogP contribution in [0.2, 0.25) is 0 Å². The molecule has 5 nitrogen and oxygen atoms in total. The largest absolute Gasteiger partial charge is 0.309 e. The van der Waals surface area contributed by atoms with E-state index in [2.05, 4.69) is 69.0 Å². The first-order chi connectivity index (χ1) is 6.73. The summed E-state index contributed by atoms with van der Waals surface area (Å²) in [5, 5.41) is 0. The van der Waals surface area contributed by atoms with E-state index in [1.807, 2.05) is 0 Å². The highest BCUT2D eigenvalue weighted by molar-refractivity contribution is 5.21. The first kappa shape index (κ1) is 12.3. The summed E-state index contributed by atoms with van der Waals surface area (Å²) in [6, 6.07) is 0. The quantitative estimate of drug-likeness (QED) is 0.414. The van der Waals surface area contributed by atoms with Gasteiger partial charge in [0.2, 0.25) is 0 Å². The molecule has 0 saturated carbocycles. The molecule has 0 aromatic heterocycles. The Morgan fingerprint density at radius 2 is 0.933 bits per heavy atom. The smallest absolute Gasteiger partial charge is 0.0537 e. The zero-order valence-electron chi connectivity index (χ0n) is 10.5. The molecule has 0 aliphatic carbocycles. The minimum atomic E-state index is 0.0519. The van der Waals surface area contributed by atoms with Gasteiger partial charge in [0.15, 0.2) is 0 Å². The molecule has 0 saturated heterocycles. The van der Waals surface area contributed by atoms with E-state index in [1.165, 1.54) is 0 Å². The topological polar surface area (TPSA) is 60.1 Å². The van der Waals surface area contributed by atoms with Crippen molar-refractivity contribution in [1.29, 1.82) is 0 Å². The molecular formula is C10H23N5. The first-order valence-corrected chi connectivity index (χ1v) is 5.25. The second kappa shape index (κ2) is 4.00. The van der Waals surface area contributed by atoms with Crippen LogP contribution in [0.5, 0.6) is 0 Å². The lowest BCUT2D eigenvalue weighted by Crippen LogP contribution is -2.52. The highest BCUT2D eigenvalue weighted by atomic mass is 15.8. The van der Waals surface area contributed by atoms with Crippen LogP contribution < -0.4 is 27.5 Å². The van der Waals surface area contributed by atoms with Crippen LogP contribution in [0.1, 0.15) is 41.5 Å². The van der Waals surface area contributed by atoms with Gasteiger partial charge in [0.05, 0.1) is 11.4 Å². The SMILES string of the molecule is CC(C)(C)C1=C(C(C)(C)C)NNNNN1. The van der Waals surface area contributed by atoms with Gasteiger partial charge in [-0.3, -0.25) is 0 Å². The summed E-state index contributed by atoms with van der Waals surface area (Å²) in [4.78, 5) is 0. The fourth-order valence-corrected chi connectivity index (χ4v) is 1.47. The van der Waals surface area contributed by atoms with Crippen LogP contribution in [0.15, 0.2) is 11.4 Å². The van der Waals surface area contributed by atoms with Gasteiger partial charge >= 0.3 is 0 Å². The highest BCUT2D eigenvalue weighted by Crippen LogP contribution is 2.32. The van der Waals surface area contributed by atoms with E-state index in [0.717, 1.165) is 11.4 Å². The van der Waals surface area contributed by atoms with Crippen LogP contribution in [-0.4, -0.2) is 0 Å². The minimum Gasteiger partial charge on any atom is -0.309 e. The lowest BCUT2D eigenvalue weighted by Gasteiger charge is -2.31. The van der Waals surface area contributed by atoms with Crippen molar-refractivity contribution in [2.24, 2.45) is 10.8 Å². The molecule has 15 heavy (non-hydrogen) atoms. The van der Waals surface area contributed by atoms with E-state index in [1.54, 1.807) is 0 Å². The third kappa shape index (κ3) is 3.09. The maximum Gasteiger partial charge on any atom is 0.0537 e. The van der Waals surface area contributed by atoms with Gasteiger partial charge in [0, 0.05) is 10.8 Å². The number of allylic oxidation sites excluding steroid dienone is 2. The number of hydrogen-bond donors (Lipinski definition) is 5. The molecule has 1 aliphatic rings. The molecule has 0 fully saturated rings. The molecule has 0 bridgehead atoms. The highest BCUT2D eigenvalue weighted by Gasteiger charge is 2.29. The Morgan fingerprint density at radius 3 is 1.20 bits per heavy atom. The van der Waals surface area contributed by atoms with Gasteiger partial charge in [0.25, 0.3) is 0 Å². The fraction of sp³-hybridized carbons (Fsp3) is 0.800. The minimum absolute atomic E-state index is 0.0519. The van der Waals surface area contributed by atoms with E-state index < -0.39 is 0 Å². The van der Waals surface area contributed by atoms with E-state index >= 15 is 0 Å². The molecule has 0 unspecified atom stereocenters. The first-order valence-electron chi connectivity index (χ1n) is 5.25. The predicted octanol–water partition coefficient (Wildman–Crippen LogP) is 0.912. The summed E-state index contributed by atoms with van der Waals surface area (Å²) in [7, 11) is 0. The van der Waals surface area contributed by atoms with Crippen LogP contribution in [0.4, 0.5) is 0 Å². The molecule has 5 heteroatoms. The molecule has 1 aliphatic heterocycles. The average Bonchev–Trinajstić information content (AvgIpc) is 2.24. The molecule has 1 rings (SSSR count). The van der Waals surface area contributed by atoms with Crippen LogP contribution in [0.25, 0.3) is 0 Å². The maximum absolute atomic E-state index is 3.17. The van der Waals surface area contributed by atoms with Gasteiger partial charge in [-0.15, -0.1) is 0 Å². The average molecular weight is 213 g/mol. The molecule has 0 radical (unpaired) electrons. The van der Waals surface area contributed by atoms with Crippen molar-refractivity contribution in [3.8, 4) is 0 Å². The second-order valence-electron chi connectivity index (χ2n) is 5.88. The standard InChI is InChI=1S/C10H23N5/c1-9(2,3)7-8(10(4,5)6)12-14-15-13-11-7/h11-15H,1-6H3. The zero-order valence-corrected chi connectivity index (χ0v) is 10.5. The molecule has 0 amide bonds. The normalized spacial score (nSPS) is 19.3. The van der Waals surface area contributed by atoms with Crippen molar-refractivity contribution in [2.75, 3.05) is 0 Å². The Morgan fingerprint density at radius 1 is 0.600 bits per heavy atom. The molecule has 0 atom stereocenters. The van der Waals surface area contributed by atoms with E-state index in [0.29, 0.717) is 0 Å². The Balaban J connectivity index is 3.13. The van der Waals surface area contributed by atoms with Gasteiger partial charge in [-0.25, -0.2) is 0 Å². The Labute approximate surface area is 92.0 Å². The predicted molar refractivity (Wildman–Crippen MR) is 61.6 cm³/mol.